The molecule has 0 N–H and O–H groups in total. The standard InChI is InChI=1S/C9H11BrClN/c1-12(2)9-5-8(10)4-3-7(9)6-11/h3-5H,6H2,1-2H3. The van der Waals surface area contributed by atoms with Gasteiger partial charge in [0.1, 0.15) is 0 Å². The van der Waals surface area contributed by atoms with Crippen LogP contribution in [-0.4, -0.2) is 14.1 Å². The van der Waals surface area contributed by atoms with E-state index in [0.717, 1.165) is 10.0 Å². The van der Waals surface area contributed by atoms with Crippen molar-refractivity contribution in [3.63, 3.8) is 0 Å². The highest BCUT2D eigenvalue weighted by Gasteiger charge is 2.03. The number of hydrogen-bond donors (Lipinski definition) is 0. The molecule has 0 amide bonds. The van der Waals surface area contributed by atoms with E-state index in [9.17, 15) is 0 Å². The first-order valence-electron chi connectivity index (χ1n) is 3.67. The van der Waals surface area contributed by atoms with Gasteiger partial charge < -0.3 is 4.90 Å². The van der Waals surface area contributed by atoms with Crippen molar-refractivity contribution in [3.05, 3.63) is 28.2 Å². The molecule has 0 bridgehead atoms. The molecule has 1 rings (SSSR count). The maximum Gasteiger partial charge on any atom is 0.0494 e. The molecule has 0 spiro atoms. The first-order chi connectivity index (χ1) is 5.65. The summed E-state index contributed by atoms with van der Waals surface area (Å²) in [7, 11) is 4.02. The number of halogens is 2. The highest BCUT2D eigenvalue weighted by atomic mass is 79.9. The van der Waals surface area contributed by atoms with Crippen molar-refractivity contribution >= 4 is 33.2 Å². The van der Waals surface area contributed by atoms with Gasteiger partial charge in [-0.2, -0.15) is 0 Å². The number of anilines is 1. The maximum atomic E-state index is 5.79. The molecule has 0 atom stereocenters. The SMILES string of the molecule is CN(C)c1cc(Br)ccc1CCl. The van der Waals surface area contributed by atoms with Crippen LogP contribution in [-0.2, 0) is 5.88 Å². The third-order valence-corrected chi connectivity index (χ3v) is 2.45. The van der Waals surface area contributed by atoms with E-state index in [-0.39, 0.29) is 0 Å². The van der Waals surface area contributed by atoms with E-state index < -0.39 is 0 Å². The summed E-state index contributed by atoms with van der Waals surface area (Å²) in [5, 5.41) is 0. The highest BCUT2D eigenvalue weighted by molar-refractivity contribution is 9.10. The average molecular weight is 249 g/mol. The third-order valence-electron chi connectivity index (χ3n) is 1.67. The van der Waals surface area contributed by atoms with Crippen LogP contribution in [0, 0.1) is 0 Å². The van der Waals surface area contributed by atoms with Crippen LogP contribution in [0.5, 0.6) is 0 Å². The van der Waals surface area contributed by atoms with Crippen LogP contribution in [0.25, 0.3) is 0 Å². The van der Waals surface area contributed by atoms with Crippen LogP contribution in [0.15, 0.2) is 22.7 Å². The number of nitrogens with zero attached hydrogens (tertiary/aromatic N) is 1. The Labute approximate surface area is 86.5 Å². The normalized spacial score (nSPS) is 10.0. The minimum atomic E-state index is 0.556. The number of rotatable bonds is 2. The predicted octanol–water partition coefficient (Wildman–Crippen LogP) is 3.25. The van der Waals surface area contributed by atoms with E-state index in [1.54, 1.807) is 0 Å². The van der Waals surface area contributed by atoms with Gasteiger partial charge in [0.05, 0.1) is 0 Å². The number of benzene rings is 1. The van der Waals surface area contributed by atoms with E-state index in [2.05, 4.69) is 26.9 Å². The summed E-state index contributed by atoms with van der Waals surface area (Å²) in [5.41, 5.74) is 2.32. The Morgan fingerprint density at radius 2 is 2.08 bits per heavy atom. The van der Waals surface area contributed by atoms with Crippen LogP contribution >= 0.6 is 27.5 Å². The highest BCUT2D eigenvalue weighted by Crippen LogP contribution is 2.24. The Bertz CT molecular complexity index is 273. The molecule has 0 fully saturated rings. The molecule has 0 heterocycles. The molecule has 12 heavy (non-hydrogen) atoms. The summed E-state index contributed by atoms with van der Waals surface area (Å²) < 4.78 is 1.08. The molecule has 3 heteroatoms. The zero-order valence-corrected chi connectivity index (χ0v) is 9.48. The summed E-state index contributed by atoms with van der Waals surface area (Å²) in [6, 6.07) is 6.11. The van der Waals surface area contributed by atoms with E-state index in [1.807, 2.05) is 26.2 Å². The van der Waals surface area contributed by atoms with Gasteiger partial charge in [-0.15, -0.1) is 11.6 Å². The molecule has 0 aliphatic heterocycles. The maximum absolute atomic E-state index is 5.79. The summed E-state index contributed by atoms with van der Waals surface area (Å²) in [5.74, 6) is 0.556. The topological polar surface area (TPSA) is 3.24 Å². The third kappa shape index (κ3) is 2.14. The summed E-state index contributed by atoms with van der Waals surface area (Å²) in [4.78, 5) is 2.06. The lowest BCUT2D eigenvalue weighted by Crippen LogP contribution is -2.10. The van der Waals surface area contributed by atoms with Crippen LogP contribution in [0.3, 0.4) is 0 Å². The first kappa shape index (κ1) is 9.87. The van der Waals surface area contributed by atoms with E-state index >= 15 is 0 Å². The molecule has 0 radical (unpaired) electrons. The van der Waals surface area contributed by atoms with Gasteiger partial charge in [0.25, 0.3) is 0 Å². The molecule has 1 aromatic carbocycles. The van der Waals surface area contributed by atoms with Crippen molar-refractivity contribution in [1.29, 1.82) is 0 Å². The molecule has 0 unspecified atom stereocenters. The zero-order chi connectivity index (χ0) is 9.14. The van der Waals surface area contributed by atoms with Crippen LogP contribution < -0.4 is 4.90 Å². The molecule has 0 saturated heterocycles. The van der Waals surface area contributed by atoms with Gasteiger partial charge in [-0.25, -0.2) is 0 Å². The van der Waals surface area contributed by atoms with Gasteiger partial charge >= 0.3 is 0 Å². The number of alkyl halides is 1. The lowest BCUT2D eigenvalue weighted by molar-refractivity contribution is 1.11. The molecule has 0 aliphatic rings. The Hall–Kier alpha value is -0.210. The van der Waals surface area contributed by atoms with Gasteiger partial charge in [0.15, 0.2) is 0 Å². The monoisotopic (exact) mass is 247 g/mol. The summed E-state index contributed by atoms with van der Waals surface area (Å²) in [6.07, 6.45) is 0. The van der Waals surface area contributed by atoms with Gasteiger partial charge in [-0.05, 0) is 17.7 Å². The summed E-state index contributed by atoms with van der Waals surface area (Å²) >= 11 is 9.21. The number of hydrogen-bond acceptors (Lipinski definition) is 1. The second-order valence-electron chi connectivity index (χ2n) is 2.80. The Balaban J connectivity index is 3.12. The van der Waals surface area contributed by atoms with Crippen molar-refractivity contribution in [2.24, 2.45) is 0 Å². The molecular weight excluding hydrogens is 237 g/mol. The lowest BCUT2D eigenvalue weighted by atomic mass is 10.2. The predicted molar refractivity (Wildman–Crippen MR) is 58.0 cm³/mol. The molecule has 66 valence electrons. The van der Waals surface area contributed by atoms with Crippen molar-refractivity contribution in [2.45, 2.75) is 5.88 Å². The van der Waals surface area contributed by atoms with Crippen molar-refractivity contribution in [2.75, 3.05) is 19.0 Å². The van der Waals surface area contributed by atoms with E-state index in [4.69, 9.17) is 11.6 Å². The van der Waals surface area contributed by atoms with Crippen molar-refractivity contribution < 1.29 is 0 Å². The second kappa shape index (κ2) is 4.15. The molecule has 1 nitrogen and oxygen atoms in total. The van der Waals surface area contributed by atoms with Gasteiger partial charge in [0, 0.05) is 30.1 Å². The molecule has 0 aliphatic carbocycles. The molecule has 1 aromatic rings. The molecule has 0 aromatic heterocycles. The average Bonchev–Trinajstić information content (AvgIpc) is 2.04. The van der Waals surface area contributed by atoms with Gasteiger partial charge in [0.2, 0.25) is 0 Å². The first-order valence-corrected chi connectivity index (χ1v) is 4.99. The van der Waals surface area contributed by atoms with Crippen LogP contribution in [0.4, 0.5) is 5.69 Å². The quantitative estimate of drug-likeness (QED) is 0.726. The minimum Gasteiger partial charge on any atom is -0.377 e. The zero-order valence-electron chi connectivity index (χ0n) is 7.14. The van der Waals surface area contributed by atoms with E-state index in [1.165, 1.54) is 5.69 Å². The van der Waals surface area contributed by atoms with Crippen molar-refractivity contribution in [3.8, 4) is 0 Å². The molecule has 0 saturated carbocycles. The second-order valence-corrected chi connectivity index (χ2v) is 3.98. The van der Waals surface area contributed by atoms with Crippen LogP contribution in [0.2, 0.25) is 0 Å². The Morgan fingerprint density at radius 3 is 2.58 bits per heavy atom. The van der Waals surface area contributed by atoms with Crippen LogP contribution in [0.1, 0.15) is 5.56 Å². The van der Waals surface area contributed by atoms with E-state index in [0.29, 0.717) is 5.88 Å². The Kier molecular flexibility index (Phi) is 3.41. The van der Waals surface area contributed by atoms with Gasteiger partial charge in [-0.3, -0.25) is 0 Å². The molecular formula is C9H11BrClN. The Morgan fingerprint density at radius 1 is 1.42 bits per heavy atom. The summed E-state index contributed by atoms with van der Waals surface area (Å²) in [6.45, 7) is 0. The lowest BCUT2D eigenvalue weighted by Gasteiger charge is -2.16. The van der Waals surface area contributed by atoms with Crippen molar-refractivity contribution in [1.82, 2.24) is 0 Å². The fourth-order valence-electron chi connectivity index (χ4n) is 1.07. The smallest absolute Gasteiger partial charge is 0.0494 e. The largest absolute Gasteiger partial charge is 0.377 e. The van der Waals surface area contributed by atoms with Gasteiger partial charge in [-0.1, -0.05) is 22.0 Å². The fraction of sp³-hybridized carbons (Fsp3) is 0.333. The minimum absolute atomic E-state index is 0.556. The fourth-order valence-corrected chi connectivity index (χ4v) is 1.64.